The van der Waals surface area contributed by atoms with Gasteiger partial charge >= 0.3 is 11.9 Å². The molecule has 0 spiro atoms. The first-order valence-electron chi connectivity index (χ1n) is 13.0. The molecule has 0 heterocycles. The highest BCUT2D eigenvalue weighted by molar-refractivity contribution is 6.37. The molecule has 4 rings (SSSR count). The van der Waals surface area contributed by atoms with Gasteiger partial charge in [0.25, 0.3) is 5.78 Å². The number of ketones is 2. The van der Waals surface area contributed by atoms with Crippen molar-refractivity contribution in [3.63, 3.8) is 0 Å². The van der Waals surface area contributed by atoms with E-state index in [2.05, 4.69) is 6.92 Å². The monoisotopic (exact) mass is 508 g/mol. The van der Waals surface area contributed by atoms with Crippen LogP contribution in [-0.4, -0.2) is 52.8 Å². The predicted molar refractivity (Wildman–Crippen MR) is 129 cm³/mol. The standard InChI is InChI=1S/C27H37ClO7/c1-4-5-21(31)35-27(23(32)24(33)34-13-12-28)11-9-19-18-7-6-16-14-17(29)8-10-25(16,2)22(18)20(30)15-26(19,27)3/h14,18-20,22,30H,4-13,15H2,1-3H3/t18-,19-,20-,22+,25-,26-,27-/m0/s1. The fraction of sp³-hybridized carbons (Fsp3) is 0.778. The summed E-state index contributed by atoms with van der Waals surface area (Å²) in [6.45, 7) is 5.80. The number of carbonyl (C=O) groups excluding carboxylic acids is 4. The average Bonchev–Trinajstić information content (AvgIpc) is 3.09. The summed E-state index contributed by atoms with van der Waals surface area (Å²) in [7, 11) is 0. The highest BCUT2D eigenvalue weighted by atomic mass is 35.5. The molecule has 0 saturated heterocycles. The Morgan fingerprint density at radius 1 is 1.17 bits per heavy atom. The highest BCUT2D eigenvalue weighted by Gasteiger charge is 2.71. The summed E-state index contributed by atoms with van der Waals surface area (Å²) in [5.74, 6) is -2.17. The van der Waals surface area contributed by atoms with Crippen LogP contribution >= 0.6 is 11.6 Å². The third-order valence-electron chi connectivity index (χ3n) is 9.62. The number of hydrogen-bond donors (Lipinski definition) is 1. The molecule has 35 heavy (non-hydrogen) atoms. The van der Waals surface area contributed by atoms with Crippen molar-refractivity contribution in [3.8, 4) is 0 Å². The number of rotatable bonds is 7. The summed E-state index contributed by atoms with van der Waals surface area (Å²) in [5, 5.41) is 11.6. The van der Waals surface area contributed by atoms with E-state index in [1.807, 2.05) is 13.8 Å². The average molecular weight is 509 g/mol. The molecule has 0 bridgehead atoms. The number of hydrogen-bond acceptors (Lipinski definition) is 7. The number of alkyl halides is 1. The van der Waals surface area contributed by atoms with Gasteiger partial charge in [0.1, 0.15) is 6.61 Å². The zero-order chi connectivity index (χ0) is 25.6. The lowest BCUT2D eigenvalue weighted by atomic mass is 9.45. The van der Waals surface area contributed by atoms with Crippen molar-refractivity contribution in [3.05, 3.63) is 11.6 Å². The molecule has 7 atom stereocenters. The van der Waals surface area contributed by atoms with Gasteiger partial charge in [-0.05, 0) is 74.2 Å². The van der Waals surface area contributed by atoms with Crippen molar-refractivity contribution in [1.82, 2.24) is 0 Å². The van der Waals surface area contributed by atoms with Gasteiger partial charge in [-0.3, -0.25) is 14.4 Å². The van der Waals surface area contributed by atoms with Gasteiger partial charge in [-0.25, -0.2) is 4.79 Å². The zero-order valence-corrected chi connectivity index (χ0v) is 21.7. The first-order valence-corrected chi connectivity index (χ1v) is 13.5. The lowest BCUT2D eigenvalue weighted by Gasteiger charge is -2.60. The molecule has 7 nitrogen and oxygen atoms in total. The van der Waals surface area contributed by atoms with Gasteiger partial charge in [0.15, 0.2) is 11.4 Å². The Hall–Kier alpha value is -1.73. The molecule has 0 radical (unpaired) electrons. The fourth-order valence-corrected chi connectivity index (χ4v) is 8.15. The van der Waals surface area contributed by atoms with Crippen molar-refractivity contribution >= 4 is 35.1 Å². The van der Waals surface area contributed by atoms with E-state index < -0.39 is 34.8 Å². The van der Waals surface area contributed by atoms with Crippen molar-refractivity contribution < 1.29 is 33.8 Å². The molecule has 0 aromatic heterocycles. The van der Waals surface area contributed by atoms with E-state index in [9.17, 15) is 24.3 Å². The van der Waals surface area contributed by atoms with Crippen LogP contribution in [0.5, 0.6) is 0 Å². The Kier molecular flexibility index (Phi) is 7.24. The maximum absolute atomic E-state index is 13.6. The van der Waals surface area contributed by atoms with E-state index in [-0.39, 0.29) is 60.7 Å². The Labute approximate surface area is 211 Å². The van der Waals surface area contributed by atoms with Crippen LogP contribution in [0, 0.1) is 28.6 Å². The second-order valence-corrected chi connectivity index (χ2v) is 11.7. The van der Waals surface area contributed by atoms with Crippen molar-refractivity contribution in [2.75, 3.05) is 12.5 Å². The minimum absolute atomic E-state index is 0.00823. The Balaban J connectivity index is 1.73. The maximum Gasteiger partial charge on any atom is 0.379 e. The van der Waals surface area contributed by atoms with Crippen LogP contribution in [0.4, 0.5) is 0 Å². The van der Waals surface area contributed by atoms with Crippen LogP contribution in [-0.2, 0) is 28.7 Å². The molecular formula is C27H37ClO7. The van der Waals surface area contributed by atoms with Crippen LogP contribution < -0.4 is 0 Å². The second-order valence-electron chi connectivity index (χ2n) is 11.3. The summed E-state index contributed by atoms with van der Waals surface area (Å²) in [4.78, 5) is 51.3. The van der Waals surface area contributed by atoms with Crippen LogP contribution in [0.2, 0.25) is 0 Å². The number of halogens is 1. The molecular weight excluding hydrogens is 472 g/mol. The molecule has 4 aliphatic rings. The molecule has 1 N–H and O–H groups in total. The molecule has 0 amide bonds. The van der Waals surface area contributed by atoms with E-state index in [0.29, 0.717) is 25.7 Å². The van der Waals surface area contributed by atoms with Crippen molar-refractivity contribution in [2.24, 2.45) is 28.6 Å². The number of allylic oxidation sites excluding steroid dienone is 1. The normalized spacial score (nSPS) is 40.1. The predicted octanol–water partition coefficient (Wildman–Crippen LogP) is 3.92. The van der Waals surface area contributed by atoms with Crippen LogP contribution in [0.1, 0.15) is 78.6 Å². The summed E-state index contributed by atoms with van der Waals surface area (Å²) < 4.78 is 11.0. The van der Waals surface area contributed by atoms with Gasteiger partial charge in [0, 0.05) is 18.3 Å². The molecule has 8 heteroatoms. The third-order valence-corrected chi connectivity index (χ3v) is 9.78. The Bertz CT molecular complexity index is 944. The minimum atomic E-state index is -1.67. The summed E-state index contributed by atoms with van der Waals surface area (Å²) in [5.41, 5.74) is -1.73. The first-order chi connectivity index (χ1) is 16.5. The van der Waals surface area contributed by atoms with E-state index >= 15 is 0 Å². The Morgan fingerprint density at radius 2 is 1.91 bits per heavy atom. The topological polar surface area (TPSA) is 107 Å². The van der Waals surface area contributed by atoms with Gasteiger partial charge in [-0.2, -0.15) is 0 Å². The molecule has 0 unspecified atom stereocenters. The molecule has 0 aromatic carbocycles. The lowest BCUT2D eigenvalue weighted by Crippen LogP contribution is -2.63. The van der Waals surface area contributed by atoms with Gasteiger partial charge in [-0.15, -0.1) is 11.6 Å². The number of fused-ring (bicyclic) bond motifs is 5. The number of esters is 2. The van der Waals surface area contributed by atoms with Crippen molar-refractivity contribution in [1.29, 1.82) is 0 Å². The molecule has 3 saturated carbocycles. The molecule has 194 valence electrons. The number of aliphatic hydroxyl groups excluding tert-OH is 1. The summed E-state index contributed by atoms with van der Waals surface area (Å²) in [6.07, 6.45) is 5.56. The zero-order valence-electron chi connectivity index (χ0n) is 20.9. The minimum Gasteiger partial charge on any atom is -0.459 e. The second kappa shape index (κ2) is 9.62. The third kappa shape index (κ3) is 4.07. The van der Waals surface area contributed by atoms with E-state index in [0.717, 1.165) is 18.4 Å². The maximum atomic E-state index is 13.6. The smallest absolute Gasteiger partial charge is 0.379 e. The molecule has 0 aliphatic heterocycles. The number of aliphatic hydroxyl groups is 1. The number of Topliss-reactive ketones (excluding diaryl/α,β-unsaturated/α-hetero) is 1. The first kappa shape index (κ1) is 26.3. The van der Waals surface area contributed by atoms with E-state index in [1.165, 1.54) is 0 Å². The van der Waals surface area contributed by atoms with Crippen molar-refractivity contribution in [2.45, 2.75) is 90.3 Å². The Morgan fingerprint density at radius 3 is 2.60 bits per heavy atom. The fourth-order valence-electron chi connectivity index (χ4n) is 8.07. The van der Waals surface area contributed by atoms with Crippen LogP contribution in [0.15, 0.2) is 11.6 Å². The van der Waals surface area contributed by atoms with Crippen LogP contribution in [0.25, 0.3) is 0 Å². The largest absolute Gasteiger partial charge is 0.459 e. The van der Waals surface area contributed by atoms with Gasteiger partial charge in [-0.1, -0.05) is 26.3 Å². The quantitative estimate of drug-likeness (QED) is 0.315. The van der Waals surface area contributed by atoms with Gasteiger partial charge < -0.3 is 14.6 Å². The summed E-state index contributed by atoms with van der Waals surface area (Å²) >= 11 is 5.65. The molecule has 3 fully saturated rings. The molecule has 0 aromatic rings. The van der Waals surface area contributed by atoms with E-state index in [1.54, 1.807) is 6.08 Å². The summed E-state index contributed by atoms with van der Waals surface area (Å²) in [6, 6.07) is 0. The number of ether oxygens (including phenoxy) is 2. The number of carbonyl (C=O) groups is 4. The lowest BCUT2D eigenvalue weighted by molar-refractivity contribution is -0.203. The van der Waals surface area contributed by atoms with Gasteiger partial charge in [0.05, 0.1) is 12.0 Å². The SMILES string of the molecule is CCCC(=O)O[C@]1(C(=O)C(=O)OCCCl)CC[C@H]2[C@@H]3CCC4=CC(=O)CC[C@]4(C)[C@H]3[C@@H](O)C[C@@]21C. The molecule has 4 aliphatic carbocycles. The van der Waals surface area contributed by atoms with E-state index in [4.69, 9.17) is 21.1 Å². The highest BCUT2D eigenvalue weighted by Crippen LogP contribution is 2.68. The van der Waals surface area contributed by atoms with Crippen LogP contribution in [0.3, 0.4) is 0 Å². The van der Waals surface area contributed by atoms with Gasteiger partial charge in [0.2, 0.25) is 0 Å².